The van der Waals surface area contributed by atoms with Gasteiger partial charge in [-0.2, -0.15) is 0 Å². The van der Waals surface area contributed by atoms with Gasteiger partial charge in [-0.1, -0.05) is 23.7 Å². The molecule has 4 heteroatoms. The van der Waals surface area contributed by atoms with Gasteiger partial charge in [0, 0.05) is 37.6 Å². The molecule has 3 nitrogen and oxygen atoms in total. The van der Waals surface area contributed by atoms with Gasteiger partial charge in [0.05, 0.1) is 5.02 Å². The summed E-state index contributed by atoms with van der Waals surface area (Å²) in [6.45, 7) is 2.60. The SMILES string of the molecule is Cc1cc(N(C)C)ccc1NCc1cccc(Cl)c1O. The van der Waals surface area contributed by atoms with Crippen LogP contribution in [0.2, 0.25) is 5.02 Å². The number of rotatable bonds is 4. The first-order valence-electron chi connectivity index (χ1n) is 6.47. The highest BCUT2D eigenvalue weighted by molar-refractivity contribution is 6.32. The summed E-state index contributed by atoms with van der Waals surface area (Å²) in [5.74, 6) is 0.143. The predicted octanol–water partition coefficient (Wildman–Crippen LogP) is 4.03. The smallest absolute Gasteiger partial charge is 0.139 e. The van der Waals surface area contributed by atoms with Crippen molar-refractivity contribution < 1.29 is 5.11 Å². The molecule has 20 heavy (non-hydrogen) atoms. The zero-order chi connectivity index (χ0) is 14.7. The Morgan fingerprint density at radius 1 is 1.20 bits per heavy atom. The van der Waals surface area contributed by atoms with Gasteiger partial charge < -0.3 is 15.3 Å². The number of nitrogens with zero attached hydrogens (tertiary/aromatic N) is 1. The maximum atomic E-state index is 9.88. The lowest BCUT2D eigenvalue weighted by molar-refractivity contribution is 0.469. The summed E-state index contributed by atoms with van der Waals surface area (Å²) < 4.78 is 0. The Kier molecular flexibility index (Phi) is 4.40. The molecule has 0 radical (unpaired) electrons. The zero-order valence-corrected chi connectivity index (χ0v) is 12.7. The lowest BCUT2D eigenvalue weighted by Crippen LogP contribution is -2.09. The summed E-state index contributed by atoms with van der Waals surface area (Å²) in [5.41, 5.74) is 4.17. The standard InChI is InChI=1S/C16H19ClN2O/c1-11-9-13(19(2)3)7-8-15(11)18-10-12-5-4-6-14(17)16(12)20/h4-9,18,20H,10H2,1-3H3. The fourth-order valence-corrected chi connectivity index (χ4v) is 2.21. The van der Waals surface area contributed by atoms with Gasteiger partial charge in [-0.3, -0.25) is 0 Å². The minimum absolute atomic E-state index is 0.143. The van der Waals surface area contributed by atoms with Crippen molar-refractivity contribution in [2.75, 3.05) is 24.3 Å². The number of hydrogen-bond donors (Lipinski definition) is 2. The van der Waals surface area contributed by atoms with Gasteiger partial charge in [0.2, 0.25) is 0 Å². The van der Waals surface area contributed by atoms with E-state index >= 15 is 0 Å². The number of phenols is 1. The van der Waals surface area contributed by atoms with Crippen LogP contribution >= 0.6 is 11.6 Å². The molecule has 0 aliphatic rings. The van der Waals surface area contributed by atoms with E-state index in [2.05, 4.69) is 29.3 Å². The van der Waals surface area contributed by atoms with Crippen LogP contribution in [0.5, 0.6) is 5.75 Å². The molecule has 0 atom stereocenters. The lowest BCUT2D eigenvalue weighted by Gasteiger charge is -2.16. The van der Waals surface area contributed by atoms with Crippen molar-refractivity contribution in [2.24, 2.45) is 0 Å². The van der Waals surface area contributed by atoms with Crippen molar-refractivity contribution in [2.45, 2.75) is 13.5 Å². The van der Waals surface area contributed by atoms with Crippen LogP contribution in [0.4, 0.5) is 11.4 Å². The summed E-state index contributed by atoms with van der Waals surface area (Å²) >= 11 is 5.90. The second kappa shape index (κ2) is 6.06. The van der Waals surface area contributed by atoms with E-state index in [1.165, 1.54) is 5.69 Å². The monoisotopic (exact) mass is 290 g/mol. The van der Waals surface area contributed by atoms with Crippen molar-refractivity contribution in [3.8, 4) is 5.75 Å². The second-order valence-electron chi connectivity index (χ2n) is 4.99. The minimum atomic E-state index is 0.143. The summed E-state index contributed by atoms with van der Waals surface area (Å²) in [5, 5.41) is 13.6. The number of anilines is 2. The Balaban J connectivity index is 2.13. The van der Waals surface area contributed by atoms with Crippen molar-refractivity contribution in [1.29, 1.82) is 0 Å². The largest absolute Gasteiger partial charge is 0.506 e. The van der Waals surface area contributed by atoms with Crippen LogP contribution in [-0.2, 0) is 6.54 Å². The Morgan fingerprint density at radius 2 is 1.95 bits per heavy atom. The Morgan fingerprint density at radius 3 is 2.60 bits per heavy atom. The van der Waals surface area contributed by atoms with Crippen LogP contribution in [0, 0.1) is 6.92 Å². The van der Waals surface area contributed by atoms with E-state index in [1.54, 1.807) is 6.07 Å². The number of nitrogens with one attached hydrogen (secondary N) is 1. The average Bonchev–Trinajstić information content (AvgIpc) is 2.41. The second-order valence-corrected chi connectivity index (χ2v) is 5.40. The Bertz CT molecular complexity index is 611. The third-order valence-corrected chi connectivity index (χ3v) is 3.57. The first-order valence-corrected chi connectivity index (χ1v) is 6.85. The first-order chi connectivity index (χ1) is 9.49. The van der Waals surface area contributed by atoms with Crippen molar-refractivity contribution in [3.05, 3.63) is 52.5 Å². The predicted molar refractivity (Wildman–Crippen MR) is 85.9 cm³/mol. The van der Waals surface area contributed by atoms with Gasteiger partial charge in [-0.25, -0.2) is 0 Å². The number of halogens is 1. The molecule has 0 saturated carbocycles. The van der Waals surface area contributed by atoms with Gasteiger partial charge in [0.15, 0.2) is 0 Å². The molecule has 106 valence electrons. The van der Waals surface area contributed by atoms with Gasteiger partial charge in [0.25, 0.3) is 0 Å². The normalized spacial score (nSPS) is 10.4. The van der Waals surface area contributed by atoms with E-state index in [0.29, 0.717) is 11.6 Å². The summed E-state index contributed by atoms with van der Waals surface area (Å²) in [6.07, 6.45) is 0. The van der Waals surface area contributed by atoms with Crippen LogP contribution in [0.25, 0.3) is 0 Å². The fourth-order valence-electron chi connectivity index (χ4n) is 2.02. The maximum absolute atomic E-state index is 9.88. The molecule has 0 aliphatic heterocycles. The molecule has 0 heterocycles. The van der Waals surface area contributed by atoms with Crippen molar-refractivity contribution in [3.63, 3.8) is 0 Å². The molecule has 0 unspecified atom stereocenters. The molecule has 0 saturated heterocycles. The number of hydrogen-bond acceptors (Lipinski definition) is 3. The third-order valence-electron chi connectivity index (χ3n) is 3.27. The van der Waals surface area contributed by atoms with Gasteiger partial charge in [-0.05, 0) is 36.8 Å². The van der Waals surface area contributed by atoms with Crippen molar-refractivity contribution in [1.82, 2.24) is 0 Å². The molecule has 0 aromatic heterocycles. The van der Waals surface area contributed by atoms with Gasteiger partial charge in [-0.15, -0.1) is 0 Å². The minimum Gasteiger partial charge on any atom is -0.506 e. The van der Waals surface area contributed by atoms with E-state index in [4.69, 9.17) is 11.6 Å². The van der Waals surface area contributed by atoms with E-state index in [9.17, 15) is 5.11 Å². The van der Waals surface area contributed by atoms with Crippen LogP contribution in [0.15, 0.2) is 36.4 Å². The van der Waals surface area contributed by atoms with E-state index in [0.717, 1.165) is 16.8 Å². The number of aromatic hydroxyl groups is 1. The van der Waals surface area contributed by atoms with E-state index in [-0.39, 0.29) is 5.75 Å². The number of phenolic OH excluding ortho intramolecular Hbond substituents is 1. The molecule has 0 spiro atoms. The number of aryl methyl sites for hydroxylation is 1. The van der Waals surface area contributed by atoms with E-state index in [1.807, 2.05) is 32.3 Å². The summed E-state index contributed by atoms with van der Waals surface area (Å²) in [7, 11) is 4.04. The summed E-state index contributed by atoms with van der Waals surface area (Å²) in [6, 6.07) is 11.6. The highest BCUT2D eigenvalue weighted by Crippen LogP contribution is 2.28. The summed E-state index contributed by atoms with van der Waals surface area (Å²) in [4.78, 5) is 2.07. The number of benzene rings is 2. The Hall–Kier alpha value is -1.87. The maximum Gasteiger partial charge on any atom is 0.139 e. The zero-order valence-electron chi connectivity index (χ0n) is 11.9. The fraction of sp³-hybridized carbons (Fsp3) is 0.250. The topological polar surface area (TPSA) is 35.5 Å². The van der Waals surface area contributed by atoms with Crippen molar-refractivity contribution >= 4 is 23.0 Å². The average molecular weight is 291 g/mol. The molecule has 2 rings (SSSR count). The molecule has 0 fully saturated rings. The van der Waals surface area contributed by atoms with Crippen LogP contribution in [-0.4, -0.2) is 19.2 Å². The third kappa shape index (κ3) is 3.17. The molecule has 2 aromatic rings. The van der Waals surface area contributed by atoms with Crippen LogP contribution < -0.4 is 10.2 Å². The molecular weight excluding hydrogens is 272 g/mol. The molecule has 0 bridgehead atoms. The highest BCUT2D eigenvalue weighted by Gasteiger charge is 2.06. The molecule has 2 N–H and O–H groups in total. The molecule has 2 aromatic carbocycles. The number of para-hydroxylation sites is 1. The quantitative estimate of drug-likeness (QED) is 0.892. The van der Waals surface area contributed by atoms with Crippen LogP contribution in [0.3, 0.4) is 0 Å². The van der Waals surface area contributed by atoms with Gasteiger partial charge in [0.1, 0.15) is 5.75 Å². The first kappa shape index (κ1) is 14.5. The highest BCUT2D eigenvalue weighted by atomic mass is 35.5. The lowest BCUT2D eigenvalue weighted by atomic mass is 10.1. The Labute approximate surface area is 124 Å². The van der Waals surface area contributed by atoms with Crippen LogP contribution in [0.1, 0.15) is 11.1 Å². The molecule has 0 amide bonds. The van der Waals surface area contributed by atoms with E-state index < -0.39 is 0 Å². The molecule has 0 aliphatic carbocycles. The van der Waals surface area contributed by atoms with Gasteiger partial charge >= 0.3 is 0 Å². The molecular formula is C16H19ClN2O.